The fraction of sp³-hybridized carbons (Fsp3) is 0.333. The Bertz CT molecular complexity index is 707. The minimum atomic E-state index is -0.0746. The van der Waals surface area contributed by atoms with Gasteiger partial charge in [0.05, 0.1) is 17.7 Å². The predicted octanol–water partition coefficient (Wildman–Crippen LogP) is 2.73. The monoisotopic (exact) mass is 296 g/mol. The molecule has 1 amide bonds. The molecule has 114 valence electrons. The van der Waals surface area contributed by atoms with Crippen molar-refractivity contribution in [3.05, 3.63) is 54.2 Å². The number of pyridine rings is 1. The number of para-hydroxylation sites is 1. The number of carbonyl (C=O) groups is 1. The molecule has 1 heterocycles. The van der Waals surface area contributed by atoms with Crippen molar-refractivity contribution in [2.24, 2.45) is 0 Å². The van der Waals surface area contributed by atoms with E-state index in [9.17, 15) is 9.90 Å². The number of aliphatic hydroxyl groups is 1. The van der Waals surface area contributed by atoms with Crippen LogP contribution < -0.4 is 0 Å². The van der Waals surface area contributed by atoms with Gasteiger partial charge in [-0.05, 0) is 25.0 Å². The highest BCUT2D eigenvalue weighted by Crippen LogP contribution is 2.40. The SMILES string of the molecule is C=CCN(CCO)C(=O)c1cc(C2CC2)nc2ccccc12. The third kappa shape index (κ3) is 2.88. The lowest BCUT2D eigenvalue weighted by Gasteiger charge is -2.21. The zero-order chi connectivity index (χ0) is 15.5. The highest BCUT2D eigenvalue weighted by atomic mass is 16.3. The maximum atomic E-state index is 12.9. The van der Waals surface area contributed by atoms with Crippen LogP contribution in [-0.4, -0.2) is 40.6 Å². The van der Waals surface area contributed by atoms with Gasteiger partial charge < -0.3 is 10.0 Å². The fourth-order valence-electron chi connectivity index (χ4n) is 2.68. The average Bonchev–Trinajstić information content (AvgIpc) is 3.38. The molecule has 22 heavy (non-hydrogen) atoms. The third-order valence-electron chi connectivity index (χ3n) is 3.97. The summed E-state index contributed by atoms with van der Waals surface area (Å²) in [5.74, 6) is 0.413. The molecule has 0 atom stereocenters. The molecular weight excluding hydrogens is 276 g/mol. The summed E-state index contributed by atoms with van der Waals surface area (Å²) in [6.07, 6.45) is 3.97. The topological polar surface area (TPSA) is 53.4 Å². The molecule has 4 nitrogen and oxygen atoms in total. The molecule has 1 aliphatic rings. The molecule has 1 aliphatic carbocycles. The third-order valence-corrected chi connectivity index (χ3v) is 3.97. The van der Waals surface area contributed by atoms with Crippen molar-refractivity contribution in [2.75, 3.05) is 19.7 Å². The number of aliphatic hydroxyl groups excluding tert-OH is 1. The minimum Gasteiger partial charge on any atom is -0.395 e. The van der Waals surface area contributed by atoms with E-state index in [0.717, 1.165) is 29.4 Å². The molecule has 0 bridgehead atoms. The summed E-state index contributed by atoms with van der Waals surface area (Å²) in [7, 11) is 0. The summed E-state index contributed by atoms with van der Waals surface area (Å²) < 4.78 is 0. The number of fused-ring (bicyclic) bond motifs is 1. The summed E-state index contributed by atoms with van der Waals surface area (Å²) >= 11 is 0. The van der Waals surface area contributed by atoms with Gasteiger partial charge in [-0.25, -0.2) is 0 Å². The maximum absolute atomic E-state index is 12.9. The summed E-state index contributed by atoms with van der Waals surface area (Å²) in [5.41, 5.74) is 2.53. The van der Waals surface area contributed by atoms with Gasteiger partial charge in [0.15, 0.2) is 0 Å². The van der Waals surface area contributed by atoms with E-state index >= 15 is 0 Å². The molecular formula is C18H20N2O2. The van der Waals surface area contributed by atoms with E-state index in [1.807, 2.05) is 30.3 Å². The first kappa shape index (κ1) is 14.7. The van der Waals surface area contributed by atoms with Gasteiger partial charge >= 0.3 is 0 Å². The molecule has 0 saturated heterocycles. The molecule has 1 aromatic heterocycles. The largest absolute Gasteiger partial charge is 0.395 e. The Hall–Kier alpha value is -2.20. The van der Waals surface area contributed by atoms with Gasteiger partial charge in [-0.2, -0.15) is 0 Å². The van der Waals surface area contributed by atoms with Crippen molar-refractivity contribution in [1.29, 1.82) is 0 Å². The Morgan fingerprint density at radius 1 is 1.41 bits per heavy atom. The molecule has 3 rings (SSSR count). The molecule has 1 N–H and O–H groups in total. The quantitative estimate of drug-likeness (QED) is 0.834. The minimum absolute atomic E-state index is 0.0575. The number of amides is 1. The summed E-state index contributed by atoms with van der Waals surface area (Å²) in [4.78, 5) is 19.2. The van der Waals surface area contributed by atoms with Gasteiger partial charge in [0.2, 0.25) is 0 Å². The molecule has 0 aliphatic heterocycles. The van der Waals surface area contributed by atoms with E-state index in [1.54, 1.807) is 11.0 Å². The van der Waals surface area contributed by atoms with Gasteiger partial charge in [0.1, 0.15) is 0 Å². The van der Waals surface area contributed by atoms with Gasteiger partial charge in [-0.3, -0.25) is 9.78 Å². The van der Waals surface area contributed by atoms with Crippen LogP contribution in [0.1, 0.15) is 34.8 Å². The Kier molecular flexibility index (Phi) is 4.20. The summed E-state index contributed by atoms with van der Waals surface area (Å²) in [6.45, 7) is 4.36. The van der Waals surface area contributed by atoms with E-state index in [0.29, 0.717) is 24.6 Å². The van der Waals surface area contributed by atoms with Crippen molar-refractivity contribution in [1.82, 2.24) is 9.88 Å². The lowest BCUT2D eigenvalue weighted by Crippen LogP contribution is -2.34. The molecule has 4 heteroatoms. The van der Waals surface area contributed by atoms with E-state index in [1.165, 1.54) is 0 Å². The maximum Gasteiger partial charge on any atom is 0.254 e. The Labute approximate surface area is 130 Å². The van der Waals surface area contributed by atoms with Crippen LogP contribution in [0.2, 0.25) is 0 Å². The predicted molar refractivity (Wildman–Crippen MR) is 86.9 cm³/mol. The van der Waals surface area contributed by atoms with E-state index in [4.69, 9.17) is 4.98 Å². The standard InChI is InChI=1S/C18H20N2O2/c1-2-9-20(10-11-21)18(22)15-12-17(13-7-8-13)19-16-6-4-3-5-14(15)16/h2-6,12-13,21H,1,7-11H2. The van der Waals surface area contributed by atoms with Crippen molar-refractivity contribution in [3.8, 4) is 0 Å². The zero-order valence-electron chi connectivity index (χ0n) is 12.5. The molecule has 0 unspecified atom stereocenters. The lowest BCUT2D eigenvalue weighted by molar-refractivity contribution is 0.0744. The summed E-state index contributed by atoms with van der Waals surface area (Å²) in [6, 6.07) is 9.66. The molecule has 1 aromatic carbocycles. The first-order valence-electron chi connectivity index (χ1n) is 7.65. The number of rotatable bonds is 6. The van der Waals surface area contributed by atoms with Gasteiger partial charge in [0, 0.05) is 30.1 Å². The first-order valence-corrected chi connectivity index (χ1v) is 7.65. The number of nitrogens with zero attached hydrogens (tertiary/aromatic N) is 2. The van der Waals surface area contributed by atoms with Crippen LogP contribution >= 0.6 is 0 Å². The molecule has 2 aromatic rings. The Morgan fingerprint density at radius 2 is 2.18 bits per heavy atom. The number of hydrogen-bond donors (Lipinski definition) is 1. The smallest absolute Gasteiger partial charge is 0.254 e. The van der Waals surface area contributed by atoms with E-state index in [2.05, 4.69) is 6.58 Å². The van der Waals surface area contributed by atoms with Crippen molar-refractivity contribution in [2.45, 2.75) is 18.8 Å². The van der Waals surface area contributed by atoms with Crippen LogP contribution in [0.4, 0.5) is 0 Å². The molecule has 0 radical (unpaired) electrons. The molecule has 1 fully saturated rings. The zero-order valence-corrected chi connectivity index (χ0v) is 12.5. The van der Waals surface area contributed by atoms with Crippen molar-refractivity contribution < 1.29 is 9.90 Å². The second-order valence-corrected chi connectivity index (χ2v) is 5.65. The van der Waals surface area contributed by atoms with Crippen LogP contribution in [-0.2, 0) is 0 Å². The van der Waals surface area contributed by atoms with Crippen LogP contribution in [0.5, 0.6) is 0 Å². The van der Waals surface area contributed by atoms with Gasteiger partial charge in [0.25, 0.3) is 5.91 Å². The van der Waals surface area contributed by atoms with E-state index < -0.39 is 0 Å². The van der Waals surface area contributed by atoms with Gasteiger partial charge in [-0.15, -0.1) is 6.58 Å². The second kappa shape index (κ2) is 6.28. The van der Waals surface area contributed by atoms with Crippen LogP contribution in [0.15, 0.2) is 43.0 Å². The van der Waals surface area contributed by atoms with Crippen LogP contribution in [0.3, 0.4) is 0 Å². The highest BCUT2D eigenvalue weighted by molar-refractivity contribution is 6.06. The Balaban J connectivity index is 2.07. The molecule has 0 spiro atoms. The first-order chi connectivity index (χ1) is 10.7. The molecule has 1 saturated carbocycles. The number of hydrogen-bond acceptors (Lipinski definition) is 3. The number of benzene rings is 1. The second-order valence-electron chi connectivity index (χ2n) is 5.65. The fourth-order valence-corrected chi connectivity index (χ4v) is 2.68. The number of carbonyl (C=O) groups excluding carboxylic acids is 1. The van der Waals surface area contributed by atoms with Crippen molar-refractivity contribution in [3.63, 3.8) is 0 Å². The highest BCUT2D eigenvalue weighted by Gasteiger charge is 2.27. The average molecular weight is 296 g/mol. The van der Waals surface area contributed by atoms with Crippen molar-refractivity contribution >= 4 is 16.8 Å². The van der Waals surface area contributed by atoms with Crippen LogP contribution in [0, 0.1) is 0 Å². The normalized spacial score (nSPS) is 14.0. The Morgan fingerprint density at radius 3 is 2.86 bits per heavy atom. The van der Waals surface area contributed by atoms with E-state index in [-0.39, 0.29) is 12.5 Å². The van der Waals surface area contributed by atoms with Gasteiger partial charge in [-0.1, -0.05) is 24.3 Å². The lowest BCUT2D eigenvalue weighted by atomic mass is 10.0. The van der Waals surface area contributed by atoms with Crippen LogP contribution in [0.25, 0.3) is 10.9 Å². The number of aromatic nitrogens is 1. The summed E-state index contributed by atoms with van der Waals surface area (Å²) in [5, 5.41) is 10.0.